The van der Waals surface area contributed by atoms with Crippen LogP contribution in [0.25, 0.3) is 72.6 Å². The van der Waals surface area contributed by atoms with E-state index in [4.69, 9.17) is 14.4 Å². The fraction of sp³-hybridized carbons (Fsp3) is 0.255. The van der Waals surface area contributed by atoms with Crippen LogP contribution in [0.15, 0.2) is 132 Å². The van der Waals surface area contributed by atoms with Gasteiger partial charge in [0.1, 0.15) is 5.58 Å². The van der Waals surface area contributed by atoms with E-state index in [1.807, 2.05) is 36.4 Å². The van der Waals surface area contributed by atoms with Crippen LogP contribution >= 0.6 is 0 Å². The van der Waals surface area contributed by atoms with Crippen LogP contribution in [0.5, 0.6) is 0 Å². The molecule has 0 amide bonds. The minimum Gasteiger partial charge on any atom is -0.513 e. The van der Waals surface area contributed by atoms with Crippen molar-refractivity contribution in [3.63, 3.8) is 0 Å². The third-order valence-corrected chi connectivity index (χ3v) is 13.5. The first kappa shape index (κ1) is 44.6. The molecule has 0 aliphatic carbocycles. The summed E-state index contributed by atoms with van der Waals surface area (Å²) in [7, 11) is -1.34. The Morgan fingerprint density at radius 2 is 1.42 bits per heavy atom. The molecule has 0 saturated carbocycles. The van der Waals surface area contributed by atoms with Gasteiger partial charge in [-0.15, -0.1) is 47.5 Å². The van der Waals surface area contributed by atoms with Crippen LogP contribution in [0.4, 0.5) is 0 Å². The number of hydrogen-bond donors (Lipinski definition) is 0. The van der Waals surface area contributed by atoms with Gasteiger partial charge in [-0.25, -0.2) is 0 Å². The Morgan fingerprint density at radius 1 is 0.726 bits per heavy atom. The second-order valence-electron chi connectivity index (χ2n) is 18.3. The predicted molar refractivity (Wildman–Crippen MR) is 259 cm³/mol. The van der Waals surface area contributed by atoms with E-state index in [9.17, 15) is 0 Å². The molecule has 0 unspecified atom stereocenters. The van der Waals surface area contributed by atoms with Gasteiger partial charge >= 0.3 is 0 Å². The molecule has 0 fully saturated rings. The fourth-order valence-corrected chi connectivity index (χ4v) is 10.1. The van der Waals surface area contributed by atoms with E-state index in [1.165, 1.54) is 38.7 Å². The molecule has 1 radical (unpaired) electrons. The molecular formula is C55H56IrN4OSi-2. The Hall–Kier alpha value is -5.46. The molecule has 0 saturated heterocycles. The Kier molecular flexibility index (Phi) is 13.3. The monoisotopic (exact) mass is 1010 g/mol. The predicted octanol–water partition coefficient (Wildman–Crippen LogP) is 14.3. The van der Waals surface area contributed by atoms with Gasteiger partial charge in [0.15, 0.2) is 0 Å². The molecule has 0 aliphatic heterocycles. The summed E-state index contributed by atoms with van der Waals surface area (Å²) >= 11 is 0. The van der Waals surface area contributed by atoms with Crippen molar-refractivity contribution in [3.8, 4) is 39.5 Å². The van der Waals surface area contributed by atoms with E-state index < -0.39 is 8.07 Å². The number of benzene rings is 5. The van der Waals surface area contributed by atoms with Gasteiger partial charge in [0.05, 0.1) is 30.2 Å². The first-order valence-corrected chi connectivity index (χ1v) is 25.2. The number of nitrogens with zero attached hydrogens (tertiary/aromatic N) is 4. The fourth-order valence-electron chi connectivity index (χ4n) is 8.50. The molecule has 0 spiro atoms. The molecule has 9 rings (SSSR count). The van der Waals surface area contributed by atoms with E-state index in [0.717, 1.165) is 62.1 Å². The van der Waals surface area contributed by atoms with Crippen LogP contribution in [0.1, 0.15) is 75.6 Å². The van der Waals surface area contributed by atoms with Crippen LogP contribution in [-0.4, -0.2) is 27.6 Å². The van der Waals surface area contributed by atoms with E-state index in [2.05, 4.69) is 175 Å². The van der Waals surface area contributed by atoms with Crippen molar-refractivity contribution in [1.29, 1.82) is 0 Å². The number of hydrogen-bond acceptors (Lipinski definition) is 4. The standard InChI is InChI=1S/C37H32N3O.C18H24NSi.Ir/c1-22(2)28-20-26(25-13-7-6-8-14-25)21-29(23(3)4)35(28)40-31-16-10-9-15-30(31)39-37(40)27-18-19-38-34-33-24(5)12-11-17-32(33)41-36(27)34;1-14(2)11-16-12-17(15-9-7-6-8-10-15)19-13-18(16)20(3,4)5;/h6-17,19-23H,1-5H3;6-9,12-14H,11H2,1-5H3;/q2*-1;. The third-order valence-electron chi connectivity index (χ3n) is 11.5. The maximum absolute atomic E-state index is 6.49. The maximum atomic E-state index is 6.49. The molecule has 7 heteroatoms. The Morgan fingerprint density at radius 3 is 2.08 bits per heavy atom. The number of para-hydroxylation sites is 2. The molecule has 5 aromatic carbocycles. The number of pyridine rings is 2. The minimum atomic E-state index is -1.34. The largest absolute Gasteiger partial charge is 0.513 e. The summed E-state index contributed by atoms with van der Waals surface area (Å²) in [5.74, 6) is 2.05. The number of furan rings is 1. The van der Waals surface area contributed by atoms with E-state index in [0.29, 0.717) is 11.5 Å². The molecule has 9 aromatic rings. The number of fused-ring (bicyclic) bond motifs is 4. The zero-order valence-corrected chi connectivity index (χ0v) is 41.0. The van der Waals surface area contributed by atoms with Gasteiger partial charge < -0.3 is 14.0 Å². The van der Waals surface area contributed by atoms with Gasteiger partial charge in [-0.3, -0.25) is 9.97 Å². The summed E-state index contributed by atoms with van der Waals surface area (Å²) in [5.41, 5.74) is 16.1. The van der Waals surface area contributed by atoms with Gasteiger partial charge in [0.2, 0.25) is 0 Å². The number of aryl methyl sites for hydroxylation is 1. The van der Waals surface area contributed by atoms with Crippen molar-refractivity contribution in [2.75, 3.05) is 0 Å². The first-order chi connectivity index (χ1) is 29.3. The van der Waals surface area contributed by atoms with Gasteiger partial charge in [-0.1, -0.05) is 127 Å². The molecule has 4 aromatic heterocycles. The SMILES string of the molecule is CC(C)Cc1cc(-c2[c-]cccc2)ncc1[Si](C)(C)C.Cc1cccc2oc3c(-c4nc5ccccc5n4-c4c(C(C)C)cc(-c5ccccc5)cc4C(C)C)[c-]cnc3c12.[Ir]. The Balaban J connectivity index is 0.000000233. The number of aromatic nitrogens is 4. The van der Waals surface area contributed by atoms with Crippen LogP contribution in [-0.2, 0) is 26.5 Å². The first-order valence-electron chi connectivity index (χ1n) is 21.7. The number of imidazole rings is 1. The van der Waals surface area contributed by atoms with Crippen LogP contribution < -0.4 is 5.19 Å². The summed E-state index contributed by atoms with van der Waals surface area (Å²) in [6.07, 6.45) is 5.00. The molecule has 62 heavy (non-hydrogen) atoms. The van der Waals surface area contributed by atoms with Crippen molar-refractivity contribution in [1.82, 2.24) is 19.5 Å². The van der Waals surface area contributed by atoms with Gasteiger partial charge in [0.25, 0.3) is 0 Å². The van der Waals surface area contributed by atoms with Crippen molar-refractivity contribution in [2.45, 2.75) is 86.4 Å². The van der Waals surface area contributed by atoms with E-state index >= 15 is 0 Å². The normalized spacial score (nSPS) is 11.8. The number of rotatable bonds is 9. The molecule has 0 aliphatic rings. The van der Waals surface area contributed by atoms with Crippen LogP contribution in [0.3, 0.4) is 0 Å². The summed E-state index contributed by atoms with van der Waals surface area (Å²) in [4.78, 5) is 14.6. The van der Waals surface area contributed by atoms with Gasteiger partial charge in [-0.2, -0.15) is 0 Å². The van der Waals surface area contributed by atoms with E-state index in [-0.39, 0.29) is 31.9 Å². The smallest absolute Gasteiger partial charge is 0.119 e. The molecule has 317 valence electrons. The van der Waals surface area contributed by atoms with Crippen LogP contribution in [0, 0.1) is 25.0 Å². The summed E-state index contributed by atoms with van der Waals surface area (Å²) in [5, 5.41) is 2.53. The Bertz CT molecular complexity index is 2950. The molecule has 0 atom stereocenters. The average molecular weight is 1010 g/mol. The molecule has 4 heterocycles. The van der Waals surface area contributed by atoms with Gasteiger partial charge in [-0.05, 0) is 106 Å². The molecule has 0 N–H and O–H groups in total. The molecule has 5 nitrogen and oxygen atoms in total. The van der Waals surface area contributed by atoms with Crippen LogP contribution in [0.2, 0.25) is 19.6 Å². The summed E-state index contributed by atoms with van der Waals surface area (Å²) in [6, 6.07) is 46.9. The second kappa shape index (κ2) is 18.5. The summed E-state index contributed by atoms with van der Waals surface area (Å²) < 4.78 is 8.82. The quantitative estimate of drug-likeness (QED) is 0.107. The minimum absolute atomic E-state index is 0. The zero-order valence-electron chi connectivity index (χ0n) is 37.6. The second-order valence-corrected chi connectivity index (χ2v) is 23.3. The van der Waals surface area contributed by atoms with Crippen molar-refractivity contribution >= 4 is 46.4 Å². The van der Waals surface area contributed by atoms with Crippen molar-refractivity contribution in [2.24, 2.45) is 5.92 Å². The zero-order chi connectivity index (χ0) is 43.0. The topological polar surface area (TPSA) is 56.7 Å². The van der Waals surface area contributed by atoms with Crippen molar-refractivity contribution in [3.05, 3.63) is 162 Å². The molecular weight excluding hydrogens is 953 g/mol. The average Bonchev–Trinajstić information content (AvgIpc) is 3.83. The maximum Gasteiger partial charge on any atom is 0.119 e. The molecule has 0 bridgehead atoms. The third kappa shape index (κ3) is 8.90. The van der Waals surface area contributed by atoms with Crippen molar-refractivity contribution < 1.29 is 24.5 Å². The summed E-state index contributed by atoms with van der Waals surface area (Å²) in [6.45, 7) is 22.9. The van der Waals surface area contributed by atoms with E-state index in [1.54, 1.807) is 6.20 Å². The van der Waals surface area contributed by atoms with Gasteiger partial charge in [0, 0.05) is 43.2 Å². The Labute approximate surface area is 382 Å².